The number of benzene rings is 1. The molecule has 1 heterocycles. The largest absolute Gasteiger partial charge is 0.416 e. The quantitative estimate of drug-likeness (QED) is 0.830. The maximum Gasteiger partial charge on any atom is 0.416 e. The van der Waals surface area contributed by atoms with Gasteiger partial charge in [0.1, 0.15) is 5.82 Å². The predicted molar refractivity (Wildman–Crippen MR) is 70.1 cm³/mol. The molecule has 20 heavy (non-hydrogen) atoms. The smallest absolute Gasteiger partial charge is 0.382 e. The van der Waals surface area contributed by atoms with Crippen molar-refractivity contribution < 1.29 is 17.6 Å². The van der Waals surface area contributed by atoms with Crippen molar-refractivity contribution in [2.24, 2.45) is 5.41 Å². The summed E-state index contributed by atoms with van der Waals surface area (Å²) in [5.41, 5.74) is -0.799. The lowest BCUT2D eigenvalue weighted by molar-refractivity contribution is -0.137. The second kappa shape index (κ2) is 5.60. The second-order valence-electron chi connectivity index (χ2n) is 5.61. The van der Waals surface area contributed by atoms with E-state index in [-0.39, 0.29) is 11.1 Å². The average molecular weight is 290 g/mol. The van der Waals surface area contributed by atoms with Crippen molar-refractivity contribution in [2.75, 3.05) is 25.0 Å². The molecule has 0 unspecified atom stereocenters. The summed E-state index contributed by atoms with van der Waals surface area (Å²) in [5.74, 6) is -0.864. The SMILES string of the molecule is CC1(CNc2ccc(C(F)(F)F)cc2F)CCNCC1. The van der Waals surface area contributed by atoms with Gasteiger partial charge in [-0.05, 0) is 49.5 Å². The predicted octanol–water partition coefficient (Wildman–Crippen LogP) is 3.65. The molecular formula is C14H18F4N2. The lowest BCUT2D eigenvalue weighted by Gasteiger charge is -2.34. The molecule has 1 aliphatic rings. The van der Waals surface area contributed by atoms with Crippen molar-refractivity contribution >= 4 is 5.69 Å². The lowest BCUT2D eigenvalue weighted by atomic mass is 9.81. The summed E-state index contributed by atoms with van der Waals surface area (Å²) in [5, 5.41) is 6.18. The van der Waals surface area contributed by atoms with Gasteiger partial charge in [-0.1, -0.05) is 6.92 Å². The van der Waals surface area contributed by atoms with Crippen molar-refractivity contribution in [1.82, 2.24) is 5.32 Å². The monoisotopic (exact) mass is 290 g/mol. The summed E-state index contributed by atoms with van der Waals surface area (Å²) >= 11 is 0. The summed E-state index contributed by atoms with van der Waals surface area (Å²) in [6, 6.07) is 2.59. The first-order chi connectivity index (χ1) is 9.30. The van der Waals surface area contributed by atoms with Gasteiger partial charge in [0.05, 0.1) is 11.3 Å². The third-order valence-electron chi connectivity index (χ3n) is 3.81. The molecule has 1 saturated heterocycles. The van der Waals surface area contributed by atoms with E-state index in [1.165, 1.54) is 0 Å². The average Bonchev–Trinajstić information content (AvgIpc) is 2.37. The van der Waals surface area contributed by atoms with Crippen LogP contribution >= 0.6 is 0 Å². The zero-order chi connectivity index (χ0) is 14.8. The zero-order valence-corrected chi connectivity index (χ0v) is 11.3. The molecule has 0 radical (unpaired) electrons. The molecule has 1 fully saturated rings. The Morgan fingerprint density at radius 2 is 1.90 bits per heavy atom. The topological polar surface area (TPSA) is 24.1 Å². The second-order valence-corrected chi connectivity index (χ2v) is 5.61. The summed E-state index contributed by atoms with van der Waals surface area (Å²) in [7, 11) is 0. The highest BCUT2D eigenvalue weighted by molar-refractivity contribution is 5.47. The summed E-state index contributed by atoms with van der Waals surface area (Å²) < 4.78 is 51.0. The van der Waals surface area contributed by atoms with Crippen LogP contribution in [0.5, 0.6) is 0 Å². The van der Waals surface area contributed by atoms with Crippen LogP contribution in [-0.4, -0.2) is 19.6 Å². The standard InChI is InChI=1S/C14H18F4N2/c1-13(4-6-19-7-5-13)9-20-12-3-2-10(8-11(12)15)14(16,17)18/h2-3,8,19-20H,4-7,9H2,1H3. The van der Waals surface area contributed by atoms with E-state index in [1.54, 1.807) is 0 Å². The highest BCUT2D eigenvalue weighted by Gasteiger charge is 2.31. The molecule has 112 valence electrons. The van der Waals surface area contributed by atoms with E-state index in [0.29, 0.717) is 12.6 Å². The van der Waals surface area contributed by atoms with E-state index in [1.807, 2.05) is 0 Å². The molecule has 2 N–H and O–H groups in total. The van der Waals surface area contributed by atoms with Crippen LogP contribution < -0.4 is 10.6 Å². The summed E-state index contributed by atoms with van der Waals surface area (Å²) in [6.45, 7) is 4.47. The van der Waals surface area contributed by atoms with Gasteiger partial charge in [0.25, 0.3) is 0 Å². The number of hydrogen-bond donors (Lipinski definition) is 2. The van der Waals surface area contributed by atoms with E-state index in [2.05, 4.69) is 17.6 Å². The van der Waals surface area contributed by atoms with E-state index in [9.17, 15) is 17.6 Å². The first kappa shape index (κ1) is 15.1. The van der Waals surface area contributed by atoms with Crippen LogP contribution in [0.15, 0.2) is 18.2 Å². The molecule has 1 aromatic carbocycles. The van der Waals surface area contributed by atoms with E-state index in [0.717, 1.165) is 38.1 Å². The molecule has 2 rings (SSSR count). The number of halogens is 4. The van der Waals surface area contributed by atoms with Crippen LogP contribution in [0.1, 0.15) is 25.3 Å². The normalized spacial score (nSPS) is 18.9. The fourth-order valence-corrected chi connectivity index (χ4v) is 2.35. The highest BCUT2D eigenvalue weighted by Crippen LogP contribution is 2.32. The molecule has 0 atom stereocenters. The Balaban J connectivity index is 2.03. The first-order valence-electron chi connectivity index (χ1n) is 6.62. The van der Waals surface area contributed by atoms with Gasteiger partial charge < -0.3 is 10.6 Å². The van der Waals surface area contributed by atoms with Gasteiger partial charge in [-0.3, -0.25) is 0 Å². The van der Waals surface area contributed by atoms with Crippen LogP contribution in [0, 0.1) is 11.2 Å². The molecule has 2 nitrogen and oxygen atoms in total. The maximum absolute atomic E-state index is 13.7. The highest BCUT2D eigenvalue weighted by atomic mass is 19.4. The number of hydrogen-bond acceptors (Lipinski definition) is 2. The van der Waals surface area contributed by atoms with Gasteiger partial charge in [-0.25, -0.2) is 4.39 Å². The minimum absolute atomic E-state index is 0.0421. The molecule has 0 amide bonds. The number of anilines is 1. The van der Waals surface area contributed by atoms with Crippen molar-refractivity contribution in [3.8, 4) is 0 Å². The van der Waals surface area contributed by atoms with Crippen LogP contribution in [0.25, 0.3) is 0 Å². The van der Waals surface area contributed by atoms with Gasteiger partial charge in [-0.2, -0.15) is 13.2 Å². The van der Waals surface area contributed by atoms with E-state index in [4.69, 9.17) is 0 Å². The van der Waals surface area contributed by atoms with E-state index >= 15 is 0 Å². The van der Waals surface area contributed by atoms with Crippen molar-refractivity contribution in [1.29, 1.82) is 0 Å². The Kier molecular flexibility index (Phi) is 4.22. The molecule has 1 aliphatic heterocycles. The molecule has 0 saturated carbocycles. The van der Waals surface area contributed by atoms with Crippen LogP contribution in [-0.2, 0) is 6.18 Å². The van der Waals surface area contributed by atoms with Crippen LogP contribution in [0.2, 0.25) is 0 Å². The molecule has 0 spiro atoms. The fraction of sp³-hybridized carbons (Fsp3) is 0.571. The molecule has 0 aromatic heterocycles. The van der Waals surface area contributed by atoms with Crippen LogP contribution in [0.3, 0.4) is 0 Å². The fourth-order valence-electron chi connectivity index (χ4n) is 2.35. The zero-order valence-electron chi connectivity index (χ0n) is 11.3. The summed E-state index contributed by atoms with van der Waals surface area (Å²) in [6.07, 6.45) is -2.59. The number of nitrogens with one attached hydrogen (secondary N) is 2. The van der Waals surface area contributed by atoms with Crippen molar-refractivity contribution in [2.45, 2.75) is 25.9 Å². The van der Waals surface area contributed by atoms with Gasteiger partial charge in [0, 0.05) is 6.54 Å². The third kappa shape index (κ3) is 3.62. The Morgan fingerprint density at radius 3 is 2.45 bits per heavy atom. The Bertz CT molecular complexity index is 465. The molecule has 0 aliphatic carbocycles. The van der Waals surface area contributed by atoms with Crippen molar-refractivity contribution in [3.05, 3.63) is 29.6 Å². The Labute approximate surface area is 115 Å². The minimum atomic E-state index is -4.51. The molecule has 1 aromatic rings. The minimum Gasteiger partial charge on any atom is -0.382 e. The Morgan fingerprint density at radius 1 is 1.25 bits per heavy atom. The number of rotatable bonds is 3. The van der Waals surface area contributed by atoms with E-state index < -0.39 is 17.6 Å². The lowest BCUT2D eigenvalue weighted by Crippen LogP contribution is -2.39. The number of alkyl halides is 3. The maximum atomic E-state index is 13.7. The molecular weight excluding hydrogens is 272 g/mol. The van der Waals surface area contributed by atoms with Gasteiger partial charge in [-0.15, -0.1) is 0 Å². The number of piperidine rings is 1. The molecule has 0 bridgehead atoms. The first-order valence-corrected chi connectivity index (χ1v) is 6.62. The van der Waals surface area contributed by atoms with Crippen molar-refractivity contribution in [3.63, 3.8) is 0 Å². The Hall–Kier alpha value is -1.30. The van der Waals surface area contributed by atoms with Gasteiger partial charge in [0.2, 0.25) is 0 Å². The van der Waals surface area contributed by atoms with Gasteiger partial charge in [0.15, 0.2) is 0 Å². The third-order valence-corrected chi connectivity index (χ3v) is 3.81. The van der Waals surface area contributed by atoms with Crippen LogP contribution in [0.4, 0.5) is 23.2 Å². The summed E-state index contributed by atoms with van der Waals surface area (Å²) in [4.78, 5) is 0. The molecule has 6 heteroatoms. The van der Waals surface area contributed by atoms with Gasteiger partial charge >= 0.3 is 6.18 Å².